The zero-order valence-electron chi connectivity index (χ0n) is 4.88. The van der Waals surface area contributed by atoms with Crippen molar-refractivity contribution in [3.05, 3.63) is 0 Å². The fourth-order valence-electron chi connectivity index (χ4n) is 0. The fourth-order valence-corrected chi connectivity index (χ4v) is 0. The summed E-state index contributed by atoms with van der Waals surface area (Å²) in [5.74, 6) is 0. The molecule has 10 heteroatoms. The van der Waals surface area contributed by atoms with Crippen LogP contribution in [-0.2, 0) is 4.46 Å². The Morgan fingerprint density at radius 3 is 0.900 bits per heavy atom. The van der Waals surface area contributed by atoms with Gasteiger partial charge in [-0.3, -0.25) is 0 Å². The Morgan fingerprint density at radius 1 is 0.900 bits per heavy atom. The Bertz CT molecular complexity index is 45.5. The first-order valence-electron chi connectivity index (χ1n) is 0.612. The monoisotopic (exact) mass is 224 g/mol. The van der Waals surface area contributed by atoms with Crippen molar-refractivity contribution in [1.82, 2.24) is 0 Å². The Kier molecular flexibility index (Phi) is 170. The van der Waals surface area contributed by atoms with Gasteiger partial charge in [0.2, 0.25) is 0 Å². The second kappa shape index (κ2) is 37.0. The van der Waals surface area contributed by atoms with E-state index in [-0.39, 0.29) is 179 Å². The molecular formula is H2B2K2Na2O3Si. The van der Waals surface area contributed by atoms with Crippen LogP contribution in [0.15, 0.2) is 0 Å². The zero-order chi connectivity index (χ0) is 3.58. The van der Waals surface area contributed by atoms with Crippen molar-refractivity contribution >= 4 is 85.1 Å². The molecule has 0 aromatic rings. The average molecular weight is 224 g/mol. The molecule has 0 saturated heterocycles. The molecule has 0 saturated carbocycles. The van der Waals surface area contributed by atoms with E-state index in [1.807, 2.05) is 0 Å². The van der Waals surface area contributed by atoms with Crippen LogP contribution in [0.4, 0.5) is 0 Å². The molecule has 0 aliphatic rings. The van der Waals surface area contributed by atoms with Crippen LogP contribution in [0.3, 0.4) is 0 Å². The van der Waals surface area contributed by atoms with Crippen molar-refractivity contribution in [3.8, 4) is 0 Å². The van der Waals surface area contributed by atoms with Gasteiger partial charge in [0, 0.05) is 26.0 Å². The first-order chi connectivity index (χ1) is 1.73. The van der Waals surface area contributed by atoms with Crippen LogP contribution in [0, 0.1) is 0 Å². The third-order valence-corrected chi connectivity index (χ3v) is 0. The van der Waals surface area contributed by atoms with E-state index in [4.69, 9.17) is 14.1 Å². The van der Waals surface area contributed by atoms with Crippen LogP contribution >= 0.6 is 0 Å². The van der Waals surface area contributed by atoms with Crippen molar-refractivity contribution in [2.75, 3.05) is 0 Å². The van der Waals surface area contributed by atoms with E-state index in [1.54, 1.807) is 0 Å². The van der Waals surface area contributed by atoms with Crippen molar-refractivity contribution in [2.45, 2.75) is 0 Å². The Labute approximate surface area is 196 Å². The predicted octanol–water partition coefficient (Wildman–Crippen LogP) is -10.9. The fraction of sp³-hybridized carbons (Fsp3) is 0. The molecule has 0 amide bonds. The molecular weight excluding hydrogens is 222 g/mol. The molecule has 34 valence electrons. The number of rotatable bonds is 0. The predicted molar refractivity (Wildman–Crippen MR) is 32.2 cm³/mol. The molecule has 10 heavy (non-hydrogen) atoms. The van der Waals surface area contributed by atoms with Gasteiger partial charge in [0.25, 0.3) is 0 Å². The zero-order valence-corrected chi connectivity index (χ0v) is 12.1. The molecule has 0 atom stereocenters. The molecule has 0 spiro atoms. The van der Waals surface area contributed by atoms with Gasteiger partial charge in [-0.1, -0.05) is 0 Å². The molecule has 0 rings (SSSR count). The van der Waals surface area contributed by atoms with E-state index in [0.717, 1.165) is 0 Å². The summed E-state index contributed by atoms with van der Waals surface area (Å²) in [5, 5.41) is 0. The van der Waals surface area contributed by atoms with Crippen molar-refractivity contribution in [1.29, 1.82) is 0 Å². The quantitative estimate of drug-likeness (QED) is 0.384. The van der Waals surface area contributed by atoms with Crippen LogP contribution in [0.1, 0.15) is 0 Å². The van der Waals surface area contributed by atoms with Gasteiger partial charge in [-0.2, -0.15) is 0 Å². The molecule has 0 N–H and O–H groups in total. The first kappa shape index (κ1) is 45.9. The molecule has 0 aromatic heterocycles. The van der Waals surface area contributed by atoms with E-state index in [9.17, 15) is 0 Å². The Morgan fingerprint density at radius 2 is 0.900 bits per heavy atom. The maximum absolute atomic E-state index is 8.52. The van der Waals surface area contributed by atoms with E-state index >= 15 is 0 Å². The van der Waals surface area contributed by atoms with E-state index in [0.29, 0.717) is 0 Å². The molecule has 3 nitrogen and oxygen atoms in total. The summed E-state index contributed by atoms with van der Waals surface area (Å²) in [5.41, 5.74) is 0. The van der Waals surface area contributed by atoms with Crippen molar-refractivity contribution < 1.29 is 117 Å². The van der Waals surface area contributed by atoms with Crippen LogP contribution in [0.25, 0.3) is 0 Å². The van der Waals surface area contributed by atoms with E-state index < -0.39 is 9.17 Å². The molecule has 6 radical (unpaired) electrons. The molecule has 0 heterocycles. The van der Waals surface area contributed by atoms with Gasteiger partial charge in [0.05, 0.1) is 0 Å². The van der Waals surface area contributed by atoms with Crippen LogP contribution in [-0.4, -0.2) is 85.1 Å². The van der Waals surface area contributed by atoms with Gasteiger partial charge in [-0.15, -0.1) is 0 Å². The van der Waals surface area contributed by atoms with E-state index in [2.05, 4.69) is 0 Å². The summed E-state index contributed by atoms with van der Waals surface area (Å²) in [4.78, 5) is 17.0. The van der Waals surface area contributed by atoms with Gasteiger partial charge in [-0.25, -0.2) is 0 Å². The first-order valence-corrected chi connectivity index (χ1v) is 1.84. The van der Waals surface area contributed by atoms with Gasteiger partial charge in [0.15, 0.2) is 0 Å². The van der Waals surface area contributed by atoms with E-state index in [1.165, 1.54) is 0 Å². The van der Waals surface area contributed by atoms with Crippen LogP contribution in [0.2, 0.25) is 0 Å². The molecule has 0 aliphatic carbocycles. The van der Waals surface area contributed by atoms with Gasteiger partial charge < -0.3 is 14.1 Å². The SMILES string of the molecule is O=[Si]([O-])[O-].[B].[B].[K+].[K+].[NaH].[NaH]. The summed E-state index contributed by atoms with van der Waals surface area (Å²) in [6.07, 6.45) is 0. The molecule has 0 fully saturated rings. The second-order valence-electron chi connectivity index (χ2n) is 0.250. The number of hydrogen-bond donors (Lipinski definition) is 0. The topological polar surface area (TPSA) is 63.2 Å². The van der Waals surface area contributed by atoms with Crippen LogP contribution < -0.4 is 112 Å². The van der Waals surface area contributed by atoms with Gasteiger partial charge in [0.1, 0.15) is 0 Å². The summed E-state index contributed by atoms with van der Waals surface area (Å²) in [7, 11) is -3.63. The number of hydrogen-bond acceptors (Lipinski definition) is 3. The molecule has 0 aromatic carbocycles. The second-order valence-corrected chi connectivity index (χ2v) is 0.750. The molecule has 0 bridgehead atoms. The average Bonchev–Trinajstić information content (AvgIpc) is 0.811. The maximum atomic E-state index is 8.52. The third kappa shape index (κ3) is 74.7. The summed E-state index contributed by atoms with van der Waals surface area (Å²) >= 11 is 0. The third-order valence-electron chi connectivity index (χ3n) is 0. The minimum atomic E-state index is -3.63. The minimum absolute atomic E-state index is 0. The Hall–Kier alpha value is 5.02. The standard InChI is InChI=1S/2B.2K.2Na.O3Si.2H/c;;;;;;1-4(2)3;;/q;;2*+1;;;-2;;. The normalized spacial score (nSPS) is 2.40. The van der Waals surface area contributed by atoms with Gasteiger partial charge in [-0.05, 0) is 0 Å². The van der Waals surface area contributed by atoms with Crippen molar-refractivity contribution in [3.63, 3.8) is 0 Å². The molecule has 0 aliphatic heterocycles. The van der Waals surface area contributed by atoms with Crippen LogP contribution in [0.5, 0.6) is 0 Å². The molecule has 0 unspecified atom stereocenters. The van der Waals surface area contributed by atoms with Gasteiger partial charge >= 0.3 is 162 Å². The summed E-state index contributed by atoms with van der Waals surface area (Å²) < 4.78 is 8.52. The summed E-state index contributed by atoms with van der Waals surface area (Å²) in [6.45, 7) is 0. The summed E-state index contributed by atoms with van der Waals surface area (Å²) in [6, 6.07) is 0. The van der Waals surface area contributed by atoms with Crippen molar-refractivity contribution in [2.24, 2.45) is 0 Å². The Balaban J connectivity index is -0.00000000300.